The monoisotopic (exact) mass is 346 g/mol. The summed E-state index contributed by atoms with van der Waals surface area (Å²) in [4.78, 5) is 16.9. The van der Waals surface area contributed by atoms with Crippen molar-refractivity contribution in [1.29, 1.82) is 0 Å². The van der Waals surface area contributed by atoms with E-state index < -0.39 is 11.5 Å². The lowest BCUT2D eigenvalue weighted by Gasteiger charge is -2.06. The first-order valence-corrected chi connectivity index (χ1v) is 8.14. The van der Waals surface area contributed by atoms with Gasteiger partial charge in [-0.3, -0.25) is 4.98 Å². The van der Waals surface area contributed by atoms with E-state index in [1.54, 1.807) is 6.92 Å². The van der Waals surface area contributed by atoms with Gasteiger partial charge in [0.15, 0.2) is 5.82 Å². The zero-order valence-electron chi connectivity index (χ0n) is 13.3. The molecule has 0 saturated carbocycles. The van der Waals surface area contributed by atoms with Crippen molar-refractivity contribution >= 4 is 11.8 Å². The van der Waals surface area contributed by atoms with Gasteiger partial charge in [-0.2, -0.15) is 4.98 Å². The molecule has 3 aromatic rings. The van der Waals surface area contributed by atoms with E-state index >= 15 is 0 Å². The average Bonchev–Trinajstić information content (AvgIpc) is 3.03. The summed E-state index contributed by atoms with van der Waals surface area (Å²) in [5.74, 6) is 0.162. The van der Waals surface area contributed by atoms with E-state index in [1.807, 2.05) is 32.0 Å². The van der Waals surface area contributed by atoms with Gasteiger partial charge in [0.2, 0.25) is 11.8 Å². The smallest absolute Gasteiger partial charge is 0.345 e. The molecule has 2 aromatic heterocycles. The average molecular weight is 346 g/mol. The van der Waals surface area contributed by atoms with Crippen molar-refractivity contribution in [2.24, 2.45) is 0 Å². The molecule has 0 radical (unpaired) electrons. The molecule has 0 spiro atoms. The topological polar surface area (TPSA) is 84.7 Å². The van der Waals surface area contributed by atoms with Gasteiger partial charge in [-0.05, 0) is 44.0 Å². The van der Waals surface area contributed by atoms with E-state index in [-0.39, 0.29) is 10.3 Å². The number of H-pyrrole nitrogens is 1. The second-order valence-electron chi connectivity index (χ2n) is 5.37. The maximum atomic E-state index is 13.7. The molecule has 0 aliphatic rings. The quantitative estimate of drug-likeness (QED) is 0.575. The van der Waals surface area contributed by atoms with Crippen molar-refractivity contribution < 1.29 is 8.81 Å². The van der Waals surface area contributed by atoms with E-state index in [0.717, 1.165) is 29.1 Å². The molecule has 1 unspecified atom stereocenters. The summed E-state index contributed by atoms with van der Waals surface area (Å²) in [6.07, 6.45) is 0.891. The van der Waals surface area contributed by atoms with Gasteiger partial charge < -0.3 is 4.42 Å². The van der Waals surface area contributed by atoms with E-state index in [2.05, 4.69) is 20.2 Å². The molecule has 0 bridgehead atoms. The first-order chi connectivity index (χ1) is 11.4. The van der Waals surface area contributed by atoms with Gasteiger partial charge in [0.1, 0.15) is 5.03 Å². The molecular formula is C16H15FN4O2S. The normalized spacial score (nSPS) is 12.3. The summed E-state index contributed by atoms with van der Waals surface area (Å²) in [5.41, 5.74) is 2.54. The van der Waals surface area contributed by atoms with Crippen LogP contribution >= 0.6 is 11.8 Å². The molecule has 0 aliphatic heterocycles. The van der Waals surface area contributed by atoms with Crippen LogP contribution in [0.2, 0.25) is 0 Å². The van der Waals surface area contributed by atoms with Gasteiger partial charge in [0.05, 0.1) is 11.4 Å². The van der Waals surface area contributed by atoms with Crippen molar-refractivity contribution in [2.75, 3.05) is 0 Å². The molecule has 3 rings (SSSR count). The largest absolute Gasteiger partial charge is 0.419 e. The highest BCUT2D eigenvalue weighted by molar-refractivity contribution is 7.99. The van der Waals surface area contributed by atoms with Crippen molar-refractivity contribution in [2.45, 2.75) is 31.0 Å². The number of aromatic nitrogens is 4. The molecule has 24 heavy (non-hydrogen) atoms. The van der Waals surface area contributed by atoms with Crippen molar-refractivity contribution in [3.05, 3.63) is 57.7 Å². The Labute approximate surface area is 141 Å². The fourth-order valence-corrected chi connectivity index (χ4v) is 2.93. The number of halogens is 1. The Bertz CT molecular complexity index is 938. The lowest BCUT2D eigenvalue weighted by molar-refractivity contribution is 0.508. The first kappa shape index (κ1) is 16.4. The van der Waals surface area contributed by atoms with Crippen LogP contribution in [0.4, 0.5) is 4.39 Å². The molecule has 8 heteroatoms. The van der Waals surface area contributed by atoms with Crippen molar-refractivity contribution in [3.8, 4) is 11.5 Å². The van der Waals surface area contributed by atoms with Crippen LogP contribution < -0.4 is 5.69 Å². The Hall–Kier alpha value is -2.48. The summed E-state index contributed by atoms with van der Waals surface area (Å²) in [7, 11) is 0. The van der Waals surface area contributed by atoms with E-state index in [4.69, 9.17) is 4.42 Å². The van der Waals surface area contributed by atoms with Crippen LogP contribution in [0.3, 0.4) is 0 Å². The minimum Gasteiger partial charge on any atom is -0.419 e. The predicted molar refractivity (Wildman–Crippen MR) is 88.3 cm³/mol. The molecule has 6 nitrogen and oxygen atoms in total. The number of hydrogen-bond donors (Lipinski definition) is 1. The van der Waals surface area contributed by atoms with Crippen LogP contribution in [0, 0.1) is 19.7 Å². The summed E-state index contributed by atoms with van der Waals surface area (Å²) in [6, 6.07) is 5.88. The lowest BCUT2D eigenvalue weighted by atomic mass is 10.1. The SMILES string of the molecule is Cc1ccc(-c2nnc(C(C)Sc3[nH]c(=O)ncc3F)o2)cc1C. The number of thioether (sulfide) groups is 1. The van der Waals surface area contributed by atoms with Gasteiger partial charge in [0, 0.05) is 5.56 Å². The summed E-state index contributed by atoms with van der Waals surface area (Å²) in [6.45, 7) is 5.83. The summed E-state index contributed by atoms with van der Waals surface area (Å²) >= 11 is 1.08. The second-order valence-corrected chi connectivity index (χ2v) is 6.72. The lowest BCUT2D eigenvalue weighted by Crippen LogP contribution is -2.11. The van der Waals surface area contributed by atoms with Crippen molar-refractivity contribution in [3.63, 3.8) is 0 Å². The number of benzene rings is 1. The molecule has 2 heterocycles. The number of rotatable bonds is 4. The standard InChI is InChI=1S/C16H15FN4O2S/c1-8-4-5-11(6-9(8)2)14-21-20-13(23-14)10(3)24-15-12(17)7-18-16(22)19-15/h4-7,10H,1-3H3,(H,18,19,22). The molecule has 1 N–H and O–H groups in total. The maximum Gasteiger partial charge on any atom is 0.345 e. The van der Waals surface area contributed by atoms with Gasteiger partial charge in [-0.15, -0.1) is 10.2 Å². The zero-order chi connectivity index (χ0) is 17.3. The first-order valence-electron chi connectivity index (χ1n) is 7.26. The van der Waals surface area contributed by atoms with Crippen molar-refractivity contribution in [1.82, 2.24) is 20.2 Å². The number of aryl methyl sites for hydroxylation is 2. The number of aromatic amines is 1. The molecule has 124 valence electrons. The van der Waals surface area contributed by atoms with Gasteiger partial charge in [0.25, 0.3) is 0 Å². The molecule has 0 aliphatic carbocycles. The highest BCUT2D eigenvalue weighted by Crippen LogP contribution is 2.34. The molecule has 0 amide bonds. The molecular weight excluding hydrogens is 331 g/mol. The van der Waals surface area contributed by atoms with Crippen LogP contribution in [0.5, 0.6) is 0 Å². The summed E-state index contributed by atoms with van der Waals surface area (Å²) in [5, 5.41) is 7.84. The Morgan fingerprint density at radius 1 is 1.25 bits per heavy atom. The maximum absolute atomic E-state index is 13.7. The third kappa shape index (κ3) is 3.38. The number of nitrogens with one attached hydrogen (secondary N) is 1. The van der Waals surface area contributed by atoms with Crippen LogP contribution in [0.15, 0.2) is 38.6 Å². The predicted octanol–water partition coefficient (Wildman–Crippen LogP) is 3.43. The number of nitrogens with zero attached hydrogens (tertiary/aromatic N) is 3. The molecule has 0 fully saturated rings. The molecule has 1 aromatic carbocycles. The Morgan fingerprint density at radius 3 is 2.79 bits per heavy atom. The highest BCUT2D eigenvalue weighted by atomic mass is 32.2. The Balaban J connectivity index is 1.83. The molecule has 0 saturated heterocycles. The summed E-state index contributed by atoms with van der Waals surface area (Å²) < 4.78 is 19.4. The molecule has 1 atom stereocenters. The zero-order valence-corrected chi connectivity index (χ0v) is 14.1. The van der Waals surface area contributed by atoms with Crippen LogP contribution in [-0.2, 0) is 0 Å². The second kappa shape index (κ2) is 6.56. The Kier molecular flexibility index (Phi) is 4.48. The highest BCUT2D eigenvalue weighted by Gasteiger charge is 2.19. The third-order valence-electron chi connectivity index (χ3n) is 3.57. The van der Waals surface area contributed by atoms with E-state index in [0.29, 0.717) is 11.8 Å². The van der Waals surface area contributed by atoms with Crippen LogP contribution in [0.1, 0.15) is 29.2 Å². The third-order valence-corrected chi connectivity index (χ3v) is 4.66. The van der Waals surface area contributed by atoms with Gasteiger partial charge in [-0.1, -0.05) is 17.8 Å². The van der Waals surface area contributed by atoms with Gasteiger partial charge >= 0.3 is 5.69 Å². The Morgan fingerprint density at radius 2 is 2.04 bits per heavy atom. The van der Waals surface area contributed by atoms with Gasteiger partial charge in [-0.25, -0.2) is 9.18 Å². The van der Waals surface area contributed by atoms with E-state index in [9.17, 15) is 9.18 Å². The fourth-order valence-electron chi connectivity index (χ4n) is 2.07. The van der Waals surface area contributed by atoms with Crippen LogP contribution in [-0.4, -0.2) is 20.2 Å². The fraction of sp³-hybridized carbons (Fsp3) is 0.250. The van der Waals surface area contributed by atoms with E-state index in [1.165, 1.54) is 5.56 Å². The van der Waals surface area contributed by atoms with Crippen LogP contribution in [0.25, 0.3) is 11.5 Å². The minimum atomic E-state index is -0.604. The minimum absolute atomic E-state index is 0.0911. The number of hydrogen-bond acceptors (Lipinski definition) is 6.